The van der Waals surface area contributed by atoms with Crippen molar-refractivity contribution < 1.29 is 15.2 Å². The minimum Gasteiger partial charge on any atom is -0.544 e. The molecule has 2 atom stereocenters. The Kier molecular flexibility index (Phi) is 3.81. The first kappa shape index (κ1) is 11.9. The van der Waals surface area contributed by atoms with Crippen LogP contribution >= 0.6 is 22.6 Å². The summed E-state index contributed by atoms with van der Waals surface area (Å²) in [5.41, 5.74) is 1.32. The van der Waals surface area contributed by atoms with Gasteiger partial charge in [-0.25, -0.2) is 0 Å². The van der Waals surface area contributed by atoms with Gasteiger partial charge in [0.15, 0.2) is 0 Å². The number of carbonyl (C=O) groups is 1. The molecule has 3 nitrogen and oxygen atoms in total. The van der Waals surface area contributed by atoms with Gasteiger partial charge in [-0.1, -0.05) is 18.2 Å². The molecule has 0 amide bonds. The van der Waals surface area contributed by atoms with Crippen LogP contribution in [-0.4, -0.2) is 18.6 Å². The predicted octanol–water partition coefficient (Wildman–Crippen LogP) is -0.465. The second kappa shape index (κ2) is 5.14. The molecule has 0 bridgehead atoms. The van der Waals surface area contributed by atoms with E-state index in [0.29, 0.717) is 5.92 Å². The van der Waals surface area contributed by atoms with Gasteiger partial charge in [0.05, 0.1) is 12.5 Å². The van der Waals surface area contributed by atoms with Crippen LogP contribution < -0.4 is 10.4 Å². The number of hydrogen-bond acceptors (Lipinski definition) is 2. The number of halogens is 1. The van der Waals surface area contributed by atoms with Gasteiger partial charge < -0.3 is 15.2 Å². The van der Waals surface area contributed by atoms with Crippen molar-refractivity contribution >= 4 is 28.6 Å². The van der Waals surface area contributed by atoms with E-state index in [0.717, 1.165) is 19.4 Å². The zero-order valence-electron chi connectivity index (χ0n) is 8.86. The van der Waals surface area contributed by atoms with E-state index in [-0.39, 0.29) is 6.04 Å². The van der Waals surface area contributed by atoms with Gasteiger partial charge in [0.2, 0.25) is 0 Å². The fourth-order valence-corrected chi connectivity index (χ4v) is 2.85. The van der Waals surface area contributed by atoms with E-state index in [1.807, 2.05) is 17.4 Å². The largest absolute Gasteiger partial charge is 0.544 e. The summed E-state index contributed by atoms with van der Waals surface area (Å²) in [7, 11) is 0. The maximum Gasteiger partial charge on any atom is 0.127 e. The Labute approximate surface area is 108 Å². The minimum atomic E-state index is -0.926. The summed E-state index contributed by atoms with van der Waals surface area (Å²) in [6, 6.07) is 7.92. The number of carbonyl (C=O) groups excluding carboxylic acids is 1. The second-order valence-electron chi connectivity index (χ2n) is 4.29. The molecule has 4 heteroatoms. The second-order valence-corrected chi connectivity index (χ2v) is 5.46. The number of quaternary nitrogens is 1. The summed E-state index contributed by atoms with van der Waals surface area (Å²) >= 11 is 2.33. The first-order valence-corrected chi connectivity index (χ1v) is 6.52. The Bertz CT molecular complexity index is 394. The topological polar surface area (TPSA) is 56.7 Å². The zero-order valence-corrected chi connectivity index (χ0v) is 11.0. The first-order valence-electron chi connectivity index (χ1n) is 5.44. The van der Waals surface area contributed by atoms with Gasteiger partial charge in [-0.15, -0.1) is 0 Å². The summed E-state index contributed by atoms with van der Waals surface area (Å²) in [6.07, 6.45) is 1.70. The standard InChI is InChI=1S/C12H14INO2/c13-10-4-2-1-3-9(10)5-8-6-11(12(15)16)14-7-8/h1-4,8,11,14H,5-7H2,(H,15,16)/t8-,11+/m1/s1. The third kappa shape index (κ3) is 2.74. The molecule has 2 rings (SSSR count). The van der Waals surface area contributed by atoms with Crippen LogP contribution in [-0.2, 0) is 11.2 Å². The van der Waals surface area contributed by atoms with Crippen LogP contribution in [0.5, 0.6) is 0 Å². The highest BCUT2D eigenvalue weighted by atomic mass is 127. The number of carboxylic acids is 1. The molecule has 0 radical (unpaired) electrons. The van der Waals surface area contributed by atoms with E-state index >= 15 is 0 Å². The molecule has 1 fully saturated rings. The van der Waals surface area contributed by atoms with E-state index in [2.05, 4.69) is 34.7 Å². The number of benzene rings is 1. The summed E-state index contributed by atoms with van der Waals surface area (Å²) in [5, 5.41) is 12.6. The molecule has 1 aromatic carbocycles. The molecular formula is C12H14INO2. The molecule has 1 saturated heterocycles. The average Bonchev–Trinajstić information content (AvgIpc) is 2.70. The number of rotatable bonds is 3. The van der Waals surface area contributed by atoms with Gasteiger partial charge in [0, 0.05) is 15.9 Å². The highest BCUT2D eigenvalue weighted by molar-refractivity contribution is 14.1. The van der Waals surface area contributed by atoms with Gasteiger partial charge in [-0.05, 0) is 40.6 Å². The Hall–Kier alpha value is -0.620. The van der Waals surface area contributed by atoms with Crippen LogP contribution in [0.15, 0.2) is 24.3 Å². The molecule has 1 aliphatic rings. The Morgan fingerprint density at radius 3 is 2.88 bits per heavy atom. The average molecular weight is 331 g/mol. The van der Waals surface area contributed by atoms with Crippen molar-refractivity contribution in [3.8, 4) is 0 Å². The molecular weight excluding hydrogens is 317 g/mol. The predicted molar refractivity (Wildman–Crippen MR) is 66.6 cm³/mol. The lowest BCUT2D eigenvalue weighted by atomic mass is 9.97. The molecule has 0 saturated carbocycles. The van der Waals surface area contributed by atoms with Gasteiger partial charge in [0.1, 0.15) is 6.04 Å². The number of nitrogens with two attached hydrogens (primary N) is 1. The molecule has 1 aliphatic heterocycles. The molecule has 0 aromatic heterocycles. The number of aliphatic carboxylic acids is 1. The fraction of sp³-hybridized carbons (Fsp3) is 0.417. The summed E-state index contributed by atoms with van der Waals surface area (Å²) in [4.78, 5) is 10.7. The molecule has 0 aliphatic carbocycles. The normalized spacial score (nSPS) is 24.6. The van der Waals surface area contributed by atoms with Crippen molar-refractivity contribution in [3.63, 3.8) is 0 Å². The Balaban J connectivity index is 1.97. The minimum absolute atomic E-state index is 0.341. The highest BCUT2D eigenvalue weighted by Crippen LogP contribution is 2.19. The van der Waals surface area contributed by atoms with Crippen LogP contribution in [0.25, 0.3) is 0 Å². The van der Waals surface area contributed by atoms with Crippen LogP contribution in [0.1, 0.15) is 12.0 Å². The van der Waals surface area contributed by atoms with Crippen molar-refractivity contribution in [1.82, 2.24) is 0 Å². The first-order chi connectivity index (χ1) is 7.66. The van der Waals surface area contributed by atoms with E-state index in [1.165, 1.54) is 9.13 Å². The van der Waals surface area contributed by atoms with Gasteiger partial charge >= 0.3 is 0 Å². The van der Waals surface area contributed by atoms with Gasteiger partial charge in [-0.2, -0.15) is 0 Å². The lowest BCUT2D eigenvalue weighted by Gasteiger charge is -2.09. The van der Waals surface area contributed by atoms with Crippen LogP contribution in [0.2, 0.25) is 0 Å². The smallest absolute Gasteiger partial charge is 0.127 e. The Morgan fingerprint density at radius 1 is 1.50 bits per heavy atom. The van der Waals surface area contributed by atoms with Crippen molar-refractivity contribution in [1.29, 1.82) is 0 Å². The van der Waals surface area contributed by atoms with Crippen molar-refractivity contribution in [2.24, 2.45) is 5.92 Å². The quantitative estimate of drug-likeness (QED) is 0.762. The molecule has 1 aromatic rings. The number of carboxylic acid groups (broad SMARTS) is 1. The maximum absolute atomic E-state index is 10.7. The summed E-state index contributed by atoms with van der Waals surface area (Å²) in [5.74, 6) is -0.468. The van der Waals surface area contributed by atoms with Crippen LogP contribution in [0.3, 0.4) is 0 Å². The molecule has 1 heterocycles. The van der Waals surface area contributed by atoms with E-state index in [4.69, 9.17) is 0 Å². The zero-order chi connectivity index (χ0) is 11.5. The Morgan fingerprint density at radius 2 is 2.25 bits per heavy atom. The molecule has 16 heavy (non-hydrogen) atoms. The summed E-state index contributed by atoms with van der Waals surface area (Å²) < 4.78 is 1.26. The lowest BCUT2D eigenvalue weighted by molar-refractivity contribution is -0.666. The SMILES string of the molecule is O=C([O-])[C@@H]1C[C@@H](Cc2ccccc2I)C[NH2+]1. The van der Waals surface area contributed by atoms with Crippen molar-refractivity contribution in [3.05, 3.63) is 33.4 Å². The molecule has 0 spiro atoms. The van der Waals surface area contributed by atoms with Crippen LogP contribution in [0, 0.1) is 9.49 Å². The highest BCUT2D eigenvalue weighted by Gasteiger charge is 2.29. The molecule has 86 valence electrons. The number of hydrogen-bond donors (Lipinski definition) is 1. The maximum atomic E-state index is 10.7. The van der Waals surface area contributed by atoms with E-state index in [9.17, 15) is 9.90 Å². The monoisotopic (exact) mass is 331 g/mol. The molecule has 2 N–H and O–H groups in total. The lowest BCUT2D eigenvalue weighted by Crippen LogP contribution is -2.90. The van der Waals surface area contributed by atoms with Crippen LogP contribution in [0.4, 0.5) is 0 Å². The van der Waals surface area contributed by atoms with E-state index < -0.39 is 5.97 Å². The third-order valence-corrected chi connectivity index (χ3v) is 4.16. The van der Waals surface area contributed by atoms with E-state index in [1.54, 1.807) is 0 Å². The van der Waals surface area contributed by atoms with Crippen molar-refractivity contribution in [2.45, 2.75) is 18.9 Å². The van der Waals surface area contributed by atoms with Gasteiger partial charge in [-0.3, -0.25) is 0 Å². The molecule has 0 unspecified atom stereocenters. The third-order valence-electron chi connectivity index (χ3n) is 3.11. The summed E-state index contributed by atoms with van der Waals surface area (Å²) in [6.45, 7) is 0.892. The van der Waals surface area contributed by atoms with Crippen molar-refractivity contribution in [2.75, 3.05) is 6.54 Å². The fourth-order valence-electron chi connectivity index (χ4n) is 2.24. The van der Waals surface area contributed by atoms with Gasteiger partial charge in [0.25, 0.3) is 0 Å².